The maximum absolute atomic E-state index is 12.8. The molecule has 0 amide bonds. The Morgan fingerprint density at radius 3 is 2.87 bits per heavy atom. The highest BCUT2D eigenvalue weighted by Crippen LogP contribution is 2.16. The Balaban J connectivity index is 1.90. The summed E-state index contributed by atoms with van der Waals surface area (Å²) in [5.74, 6) is -1.34. The summed E-state index contributed by atoms with van der Waals surface area (Å²) in [6.45, 7) is 1.51. The largest absolute Gasteiger partial charge is 0.492 e. The van der Waals surface area contributed by atoms with Crippen molar-refractivity contribution in [2.24, 2.45) is 0 Å². The third-order valence-electron chi connectivity index (χ3n) is 2.50. The van der Waals surface area contributed by atoms with E-state index < -0.39 is 11.6 Å². The summed E-state index contributed by atoms with van der Waals surface area (Å²) < 4.78 is 30.8. The van der Waals surface area contributed by atoms with Crippen LogP contribution in [-0.2, 0) is 0 Å². The number of benzene rings is 1. The van der Waals surface area contributed by atoms with Gasteiger partial charge in [0.1, 0.15) is 12.4 Å². The number of halogens is 2. The van der Waals surface area contributed by atoms with Crippen LogP contribution in [0.15, 0.2) is 18.2 Å². The lowest BCUT2D eigenvalue weighted by atomic mass is 10.2. The van der Waals surface area contributed by atoms with Gasteiger partial charge in [-0.2, -0.15) is 0 Å². The minimum atomic E-state index is -0.869. The van der Waals surface area contributed by atoms with Crippen molar-refractivity contribution in [1.29, 1.82) is 0 Å². The minimum Gasteiger partial charge on any atom is -0.492 e. The SMILES string of the molecule is Fc1ccc(OCC2CCCN2)cc1F. The Kier molecular flexibility index (Phi) is 3.16. The van der Waals surface area contributed by atoms with Crippen molar-refractivity contribution in [3.8, 4) is 5.75 Å². The van der Waals surface area contributed by atoms with E-state index in [1.165, 1.54) is 6.07 Å². The molecule has 82 valence electrons. The van der Waals surface area contributed by atoms with Crippen LogP contribution in [-0.4, -0.2) is 19.2 Å². The molecule has 0 saturated carbocycles. The zero-order valence-electron chi connectivity index (χ0n) is 8.30. The van der Waals surface area contributed by atoms with E-state index in [9.17, 15) is 8.78 Å². The van der Waals surface area contributed by atoms with E-state index in [-0.39, 0.29) is 0 Å². The normalized spacial score (nSPS) is 20.5. The molecule has 2 nitrogen and oxygen atoms in total. The van der Waals surface area contributed by atoms with E-state index in [2.05, 4.69) is 5.32 Å². The van der Waals surface area contributed by atoms with E-state index in [4.69, 9.17) is 4.74 Å². The number of nitrogens with one attached hydrogen (secondary N) is 1. The van der Waals surface area contributed by atoms with Crippen molar-refractivity contribution in [3.63, 3.8) is 0 Å². The standard InChI is InChI=1S/C11H13F2NO/c12-10-4-3-9(6-11(10)13)15-7-8-2-1-5-14-8/h3-4,6,8,14H,1-2,5,7H2. The van der Waals surface area contributed by atoms with E-state index in [1.54, 1.807) is 0 Å². The van der Waals surface area contributed by atoms with Crippen molar-refractivity contribution in [3.05, 3.63) is 29.8 Å². The summed E-state index contributed by atoms with van der Waals surface area (Å²) in [7, 11) is 0. The second kappa shape index (κ2) is 4.57. The van der Waals surface area contributed by atoms with E-state index in [1.807, 2.05) is 0 Å². The third-order valence-corrected chi connectivity index (χ3v) is 2.50. The fourth-order valence-corrected chi connectivity index (χ4v) is 1.66. The molecule has 1 heterocycles. The van der Waals surface area contributed by atoms with Gasteiger partial charge in [0, 0.05) is 12.1 Å². The maximum Gasteiger partial charge on any atom is 0.162 e. The lowest BCUT2D eigenvalue weighted by molar-refractivity contribution is 0.275. The van der Waals surface area contributed by atoms with Crippen LogP contribution in [0.1, 0.15) is 12.8 Å². The van der Waals surface area contributed by atoms with Gasteiger partial charge in [-0.3, -0.25) is 0 Å². The molecule has 0 radical (unpaired) electrons. The fraction of sp³-hybridized carbons (Fsp3) is 0.455. The van der Waals surface area contributed by atoms with Crippen LogP contribution in [0, 0.1) is 11.6 Å². The van der Waals surface area contributed by atoms with Gasteiger partial charge in [-0.1, -0.05) is 0 Å². The molecule has 0 aromatic heterocycles. The van der Waals surface area contributed by atoms with Gasteiger partial charge in [-0.15, -0.1) is 0 Å². The van der Waals surface area contributed by atoms with Gasteiger partial charge in [-0.05, 0) is 31.5 Å². The average molecular weight is 213 g/mol. The molecule has 0 aliphatic carbocycles. The van der Waals surface area contributed by atoms with Gasteiger partial charge < -0.3 is 10.1 Å². The van der Waals surface area contributed by atoms with Crippen LogP contribution in [0.2, 0.25) is 0 Å². The molecule has 1 fully saturated rings. The van der Waals surface area contributed by atoms with E-state index in [0.717, 1.165) is 31.5 Å². The van der Waals surface area contributed by atoms with E-state index >= 15 is 0 Å². The molecular weight excluding hydrogens is 200 g/mol. The molecule has 15 heavy (non-hydrogen) atoms. The zero-order chi connectivity index (χ0) is 10.7. The second-order valence-corrected chi connectivity index (χ2v) is 3.68. The Bertz CT molecular complexity index is 337. The summed E-state index contributed by atoms with van der Waals surface area (Å²) in [4.78, 5) is 0. The Morgan fingerprint density at radius 2 is 2.20 bits per heavy atom. The van der Waals surface area contributed by atoms with Gasteiger partial charge in [-0.25, -0.2) is 8.78 Å². The van der Waals surface area contributed by atoms with Gasteiger partial charge in [0.15, 0.2) is 11.6 Å². The van der Waals surface area contributed by atoms with Gasteiger partial charge in [0.25, 0.3) is 0 Å². The summed E-state index contributed by atoms with van der Waals surface area (Å²) in [6.07, 6.45) is 2.22. The number of ether oxygens (including phenoxy) is 1. The first kappa shape index (κ1) is 10.4. The van der Waals surface area contributed by atoms with E-state index in [0.29, 0.717) is 18.4 Å². The molecular formula is C11H13F2NO. The van der Waals surface area contributed by atoms with Crippen LogP contribution in [0.3, 0.4) is 0 Å². The molecule has 0 spiro atoms. The Hall–Kier alpha value is -1.16. The van der Waals surface area contributed by atoms with Crippen molar-refractivity contribution in [1.82, 2.24) is 5.32 Å². The maximum atomic E-state index is 12.8. The van der Waals surface area contributed by atoms with Crippen molar-refractivity contribution in [2.75, 3.05) is 13.2 Å². The Morgan fingerprint density at radius 1 is 1.33 bits per heavy atom. The predicted octanol–water partition coefficient (Wildman–Crippen LogP) is 2.10. The monoisotopic (exact) mass is 213 g/mol. The van der Waals surface area contributed by atoms with Gasteiger partial charge >= 0.3 is 0 Å². The van der Waals surface area contributed by atoms with Crippen molar-refractivity contribution in [2.45, 2.75) is 18.9 Å². The van der Waals surface area contributed by atoms with Crippen molar-refractivity contribution < 1.29 is 13.5 Å². The van der Waals surface area contributed by atoms with Crippen molar-refractivity contribution >= 4 is 0 Å². The average Bonchev–Trinajstić information content (AvgIpc) is 2.73. The smallest absolute Gasteiger partial charge is 0.162 e. The number of hydrogen-bond acceptors (Lipinski definition) is 2. The van der Waals surface area contributed by atoms with Crippen LogP contribution >= 0.6 is 0 Å². The molecule has 1 aliphatic heterocycles. The third kappa shape index (κ3) is 2.65. The molecule has 1 unspecified atom stereocenters. The molecule has 0 bridgehead atoms. The topological polar surface area (TPSA) is 21.3 Å². The number of rotatable bonds is 3. The molecule has 2 rings (SSSR count). The minimum absolute atomic E-state index is 0.332. The highest BCUT2D eigenvalue weighted by Gasteiger charge is 2.14. The summed E-state index contributed by atoms with van der Waals surface area (Å²) in [5, 5.41) is 3.26. The van der Waals surface area contributed by atoms with Crippen LogP contribution in [0.25, 0.3) is 0 Å². The highest BCUT2D eigenvalue weighted by molar-refractivity contribution is 5.23. The summed E-state index contributed by atoms with van der Waals surface area (Å²) in [6, 6.07) is 3.92. The first-order valence-corrected chi connectivity index (χ1v) is 5.07. The van der Waals surface area contributed by atoms with Gasteiger partial charge in [0.2, 0.25) is 0 Å². The number of hydrogen-bond donors (Lipinski definition) is 1. The van der Waals surface area contributed by atoms with Crippen LogP contribution in [0.5, 0.6) is 5.75 Å². The molecule has 1 atom stereocenters. The van der Waals surface area contributed by atoms with Crippen LogP contribution < -0.4 is 10.1 Å². The first-order valence-electron chi connectivity index (χ1n) is 5.07. The van der Waals surface area contributed by atoms with Crippen LogP contribution in [0.4, 0.5) is 8.78 Å². The predicted molar refractivity (Wildman–Crippen MR) is 52.9 cm³/mol. The fourth-order valence-electron chi connectivity index (χ4n) is 1.66. The highest BCUT2D eigenvalue weighted by atomic mass is 19.2. The molecule has 1 aromatic carbocycles. The molecule has 1 N–H and O–H groups in total. The molecule has 1 aromatic rings. The molecule has 4 heteroatoms. The zero-order valence-corrected chi connectivity index (χ0v) is 8.30. The van der Waals surface area contributed by atoms with Gasteiger partial charge in [0.05, 0.1) is 0 Å². The summed E-state index contributed by atoms with van der Waals surface area (Å²) >= 11 is 0. The molecule has 1 saturated heterocycles. The summed E-state index contributed by atoms with van der Waals surface area (Å²) in [5.41, 5.74) is 0. The Labute approximate surface area is 87.2 Å². The lowest BCUT2D eigenvalue weighted by Gasteiger charge is -2.11. The molecule has 1 aliphatic rings. The lowest BCUT2D eigenvalue weighted by Crippen LogP contribution is -2.28. The second-order valence-electron chi connectivity index (χ2n) is 3.68. The first-order chi connectivity index (χ1) is 7.25. The quantitative estimate of drug-likeness (QED) is 0.830.